The second-order valence-corrected chi connectivity index (χ2v) is 6.63. The van der Waals surface area contributed by atoms with Crippen LogP contribution in [0.15, 0.2) is 18.2 Å². The molecular formula is C16H23N3O. The number of nitrogens with one attached hydrogen (secondary N) is 2. The molecule has 0 spiro atoms. The predicted octanol–water partition coefficient (Wildman–Crippen LogP) is 3.45. The molecule has 2 N–H and O–H groups in total. The highest BCUT2D eigenvalue weighted by Crippen LogP contribution is 2.25. The highest BCUT2D eigenvalue weighted by Gasteiger charge is 2.18. The number of benzene rings is 1. The summed E-state index contributed by atoms with van der Waals surface area (Å²) in [6, 6.07) is 6.75. The van der Waals surface area contributed by atoms with Crippen LogP contribution in [0.4, 0.5) is 5.69 Å². The van der Waals surface area contributed by atoms with Gasteiger partial charge in [-0.3, -0.25) is 0 Å². The maximum absolute atomic E-state index is 5.51. The Hall–Kier alpha value is -1.55. The molecule has 1 fully saturated rings. The van der Waals surface area contributed by atoms with Gasteiger partial charge in [-0.05, 0) is 31.0 Å². The van der Waals surface area contributed by atoms with Gasteiger partial charge in [0.25, 0.3) is 0 Å². The number of nitrogens with zero attached hydrogens (tertiary/aromatic N) is 1. The highest BCUT2D eigenvalue weighted by atomic mass is 16.5. The second kappa shape index (κ2) is 5.09. The largest absolute Gasteiger partial charge is 0.380 e. The Balaban J connectivity index is 1.82. The van der Waals surface area contributed by atoms with Crippen molar-refractivity contribution in [3.8, 4) is 0 Å². The van der Waals surface area contributed by atoms with Gasteiger partial charge in [-0.15, -0.1) is 0 Å². The van der Waals surface area contributed by atoms with Crippen LogP contribution in [-0.2, 0) is 10.2 Å². The lowest BCUT2D eigenvalue weighted by atomic mass is 9.96. The van der Waals surface area contributed by atoms with Gasteiger partial charge in [0.1, 0.15) is 5.82 Å². The fourth-order valence-corrected chi connectivity index (χ4v) is 2.54. The van der Waals surface area contributed by atoms with Crippen molar-refractivity contribution in [1.82, 2.24) is 9.97 Å². The van der Waals surface area contributed by atoms with E-state index in [2.05, 4.69) is 54.3 Å². The van der Waals surface area contributed by atoms with Gasteiger partial charge in [-0.25, -0.2) is 4.98 Å². The Morgan fingerprint density at radius 2 is 2.20 bits per heavy atom. The van der Waals surface area contributed by atoms with Crippen LogP contribution in [0.5, 0.6) is 0 Å². The van der Waals surface area contributed by atoms with E-state index in [1.165, 1.54) is 6.42 Å². The minimum atomic E-state index is 0.0455. The van der Waals surface area contributed by atoms with Gasteiger partial charge in [-0.2, -0.15) is 0 Å². The van der Waals surface area contributed by atoms with E-state index < -0.39 is 0 Å². The van der Waals surface area contributed by atoms with Gasteiger partial charge in [0, 0.05) is 23.8 Å². The third kappa shape index (κ3) is 2.80. The maximum Gasteiger partial charge on any atom is 0.112 e. The number of hydrogen-bond donors (Lipinski definition) is 2. The summed E-state index contributed by atoms with van der Waals surface area (Å²) in [5.74, 6) is 1.03. The Morgan fingerprint density at radius 3 is 2.90 bits per heavy atom. The summed E-state index contributed by atoms with van der Waals surface area (Å²) in [5.41, 5.74) is 3.30. The minimum absolute atomic E-state index is 0.0455. The van der Waals surface area contributed by atoms with Crippen LogP contribution in [-0.4, -0.2) is 29.2 Å². The van der Waals surface area contributed by atoms with Gasteiger partial charge in [0.15, 0.2) is 0 Å². The Bertz CT molecular complexity index is 591. The first-order valence-corrected chi connectivity index (χ1v) is 7.37. The molecule has 2 heterocycles. The number of ether oxygens (including phenoxy) is 1. The van der Waals surface area contributed by atoms with Crippen LogP contribution >= 0.6 is 0 Å². The molecule has 20 heavy (non-hydrogen) atoms. The van der Waals surface area contributed by atoms with Crippen LogP contribution in [0.25, 0.3) is 11.0 Å². The molecular weight excluding hydrogens is 250 g/mol. The number of fused-ring (bicyclic) bond motifs is 1. The third-order valence-corrected chi connectivity index (χ3v) is 3.72. The fourth-order valence-electron chi connectivity index (χ4n) is 2.54. The third-order valence-electron chi connectivity index (χ3n) is 3.72. The van der Waals surface area contributed by atoms with Gasteiger partial charge in [-0.1, -0.05) is 20.8 Å². The van der Waals surface area contributed by atoms with Gasteiger partial charge >= 0.3 is 0 Å². The van der Waals surface area contributed by atoms with Crippen LogP contribution in [0.1, 0.15) is 39.4 Å². The normalized spacial score (nSPS) is 20.2. The van der Waals surface area contributed by atoms with Gasteiger partial charge in [0.05, 0.1) is 17.6 Å². The molecule has 1 atom stereocenters. The molecule has 1 aromatic heterocycles. The summed E-state index contributed by atoms with van der Waals surface area (Å²) in [5, 5.41) is 3.55. The molecule has 4 nitrogen and oxygen atoms in total. The summed E-state index contributed by atoms with van der Waals surface area (Å²) in [6.07, 6.45) is 2.31. The highest BCUT2D eigenvalue weighted by molar-refractivity contribution is 5.79. The molecule has 1 aromatic carbocycles. The molecule has 0 aliphatic carbocycles. The average Bonchev–Trinajstić information content (AvgIpc) is 2.83. The molecule has 0 saturated carbocycles. The molecule has 3 rings (SSSR count). The van der Waals surface area contributed by atoms with Crippen LogP contribution in [0.3, 0.4) is 0 Å². The second-order valence-electron chi connectivity index (χ2n) is 6.63. The SMILES string of the molecule is CC(C)(C)c1nc2ccc(NC3CCCOC3)cc2[nH]1. The van der Waals surface area contributed by atoms with Crippen molar-refractivity contribution in [3.05, 3.63) is 24.0 Å². The lowest BCUT2D eigenvalue weighted by Crippen LogP contribution is -2.29. The first-order chi connectivity index (χ1) is 9.52. The van der Waals surface area contributed by atoms with Crippen molar-refractivity contribution in [2.75, 3.05) is 18.5 Å². The van der Waals surface area contributed by atoms with Crippen molar-refractivity contribution in [2.24, 2.45) is 0 Å². The number of anilines is 1. The fraction of sp³-hybridized carbons (Fsp3) is 0.562. The van der Waals surface area contributed by atoms with Crippen molar-refractivity contribution >= 4 is 16.7 Å². The van der Waals surface area contributed by atoms with E-state index in [0.717, 1.165) is 42.2 Å². The lowest BCUT2D eigenvalue weighted by molar-refractivity contribution is 0.0876. The zero-order valence-corrected chi connectivity index (χ0v) is 12.5. The summed E-state index contributed by atoms with van der Waals surface area (Å²) >= 11 is 0. The molecule has 0 radical (unpaired) electrons. The number of aromatic nitrogens is 2. The summed E-state index contributed by atoms with van der Waals surface area (Å²) in [4.78, 5) is 8.09. The molecule has 0 amide bonds. The summed E-state index contributed by atoms with van der Waals surface area (Å²) in [6.45, 7) is 8.21. The van der Waals surface area contributed by atoms with E-state index in [4.69, 9.17) is 4.74 Å². The van der Waals surface area contributed by atoms with E-state index in [0.29, 0.717) is 6.04 Å². The Labute approximate surface area is 119 Å². The van der Waals surface area contributed by atoms with Crippen LogP contribution in [0.2, 0.25) is 0 Å². The number of hydrogen-bond acceptors (Lipinski definition) is 3. The number of imidazole rings is 1. The quantitative estimate of drug-likeness (QED) is 0.881. The Kier molecular flexibility index (Phi) is 3.42. The van der Waals surface area contributed by atoms with Crippen molar-refractivity contribution in [2.45, 2.75) is 45.1 Å². The molecule has 108 valence electrons. The Morgan fingerprint density at radius 1 is 1.35 bits per heavy atom. The predicted molar refractivity (Wildman–Crippen MR) is 82.3 cm³/mol. The zero-order valence-electron chi connectivity index (χ0n) is 12.5. The molecule has 2 aromatic rings. The standard InChI is InChI=1S/C16H23N3O/c1-16(2,3)15-18-13-7-6-11(9-14(13)19-15)17-12-5-4-8-20-10-12/h6-7,9,12,17H,4-5,8,10H2,1-3H3,(H,18,19). The maximum atomic E-state index is 5.51. The van der Waals surface area contributed by atoms with E-state index >= 15 is 0 Å². The van der Waals surface area contributed by atoms with Crippen molar-refractivity contribution in [1.29, 1.82) is 0 Å². The number of H-pyrrole nitrogens is 1. The first-order valence-electron chi connectivity index (χ1n) is 7.37. The first kappa shape index (κ1) is 13.4. The molecule has 1 saturated heterocycles. The molecule has 1 aliphatic heterocycles. The van der Waals surface area contributed by atoms with Crippen LogP contribution < -0.4 is 5.32 Å². The van der Waals surface area contributed by atoms with Crippen LogP contribution in [0, 0.1) is 0 Å². The van der Waals surface area contributed by atoms with Crippen molar-refractivity contribution < 1.29 is 4.74 Å². The monoisotopic (exact) mass is 273 g/mol. The summed E-state index contributed by atoms with van der Waals surface area (Å²) in [7, 11) is 0. The molecule has 4 heteroatoms. The lowest BCUT2D eigenvalue weighted by Gasteiger charge is -2.24. The molecule has 1 unspecified atom stereocenters. The molecule has 0 bridgehead atoms. The zero-order chi connectivity index (χ0) is 14.2. The number of aromatic amines is 1. The molecule has 1 aliphatic rings. The average molecular weight is 273 g/mol. The van der Waals surface area contributed by atoms with E-state index in [1.807, 2.05) is 0 Å². The van der Waals surface area contributed by atoms with E-state index in [-0.39, 0.29) is 5.41 Å². The van der Waals surface area contributed by atoms with E-state index in [1.54, 1.807) is 0 Å². The number of rotatable bonds is 2. The smallest absolute Gasteiger partial charge is 0.112 e. The topological polar surface area (TPSA) is 49.9 Å². The summed E-state index contributed by atoms with van der Waals surface area (Å²) < 4.78 is 5.51. The van der Waals surface area contributed by atoms with Gasteiger partial charge < -0.3 is 15.0 Å². The van der Waals surface area contributed by atoms with E-state index in [9.17, 15) is 0 Å². The van der Waals surface area contributed by atoms with Crippen molar-refractivity contribution in [3.63, 3.8) is 0 Å². The minimum Gasteiger partial charge on any atom is -0.380 e. The van der Waals surface area contributed by atoms with Gasteiger partial charge in [0.2, 0.25) is 0 Å².